The van der Waals surface area contributed by atoms with E-state index in [-0.39, 0.29) is 0 Å². The van der Waals surface area contributed by atoms with E-state index in [1.54, 1.807) is 0 Å². The summed E-state index contributed by atoms with van der Waals surface area (Å²) in [5.74, 6) is 0.722. The van der Waals surface area contributed by atoms with E-state index in [0.29, 0.717) is 5.15 Å². The third kappa shape index (κ3) is 2.39. The summed E-state index contributed by atoms with van der Waals surface area (Å²) in [6, 6.07) is 6.27. The van der Waals surface area contributed by atoms with E-state index in [4.69, 9.17) is 11.6 Å². The maximum Gasteiger partial charge on any atom is 0.161 e. The van der Waals surface area contributed by atoms with Crippen molar-refractivity contribution < 1.29 is 0 Å². The van der Waals surface area contributed by atoms with Crippen molar-refractivity contribution in [2.75, 3.05) is 0 Å². The first-order valence-corrected chi connectivity index (χ1v) is 6.51. The van der Waals surface area contributed by atoms with Crippen molar-refractivity contribution in [3.05, 3.63) is 45.7 Å². The van der Waals surface area contributed by atoms with E-state index in [2.05, 4.69) is 48.9 Å². The van der Waals surface area contributed by atoms with Crippen LogP contribution in [0.15, 0.2) is 18.2 Å². The van der Waals surface area contributed by atoms with E-state index >= 15 is 0 Å². The number of aromatic nitrogens is 2. The molecule has 0 bridgehead atoms. The van der Waals surface area contributed by atoms with Gasteiger partial charge in [0, 0.05) is 16.8 Å². The number of benzene rings is 1. The van der Waals surface area contributed by atoms with Gasteiger partial charge >= 0.3 is 0 Å². The molecule has 0 spiro atoms. The summed E-state index contributed by atoms with van der Waals surface area (Å²) in [6.07, 6.45) is 0.867. The second kappa shape index (κ2) is 5.07. The van der Waals surface area contributed by atoms with Crippen LogP contribution in [0.1, 0.15) is 29.3 Å². The summed E-state index contributed by atoms with van der Waals surface area (Å²) in [7, 11) is 0. The molecule has 94 valence electrons. The van der Waals surface area contributed by atoms with Crippen LogP contribution in [0.2, 0.25) is 5.15 Å². The number of aryl methyl sites for hydroxylation is 3. The van der Waals surface area contributed by atoms with Crippen molar-refractivity contribution in [1.82, 2.24) is 9.97 Å². The lowest BCUT2D eigenvalue weighted by Gasteiger charge is -2.10. The Hall–Kier alpha value is -1.41. The standard InChI is InChI=1S/C15H17ClN2/c1-5-13-11(4)14(16)18-15(17-13)12-7-6-9(2)8-10(12)3/h6-8H,5H2,1-4H3. The average Bonchev–Trinajstić information content (AvgIpc) is 2.32. The fourth-order valence-electron chi connectivity index (χ4n) is 2.06. The van der Waals surface area contributed by atoms with E-state index in [1.807, 2.05) is 6.92 Å². The van der Waals surface area contributed by atoms with Gasteiger partial charge in [-0.05, 0) is 32.8 Å². The number of hydrogen-bond donors (Lipinski definition) is 0. The van der Waals surface area contributed by atoms with Crippen LogP contribution in [0, 0.1) is 20.8 Å². The maximum atomic E-state index is 6.18. The second-order valence-corrected chi connectivity index (χ2v) is 4.94. The molecule has 0 aliphatic heterocycles. The highest BCUT2D eigenvalue weighted by Gasteiger charge is 2.11. The van der Waals surface area contributed by atoms with Gasteiger partial charge in [-0.1, -0.05) is 42.3 Å². The minimum atomic E-state index is 0.553. The van der Waals surface area contributed by atoms with Crippen LogP contribution < -0.4 is 0 Å². The Bertz CT molecular complexity index is 591. The molecule has 18 heavy (non-hydrogen) atoms. The molecule has 0 saturated carbocycles. The first-order chi connectivity index (χ1) is 8.52. The highest BCUT2D eigenvalue weighted by atomic mass is 35.5. The molecule has 2 nitrogen and oxygen atoms in total. The topological polar surface area (TPSA) is 25.8 Å². The zero-order chi connectivity index (χ0) is 13.3. The third-order valence-electron chi connectivity index (χ3n) is 3.14. The normalized spacial score (nSPS) is 10.7. The smallest absolute Gasteiger partial charge is 0.161 e. The van der Waals surface area contributed by atoms with Gasteiger partial charge in [-0.2, -0.15) is 0 Å². The van der Waals surface area contributed by atoms with Gasteiger partial charge in [0.25, 0.3) is 0 Å². The Morgan fingerprint density at radius 1 is 1.11 bits per heavy atom. The summed E-state index contributed by atoms with van der Waals surface area (Å²) in [5, 5.41) is 0.553. The molecular formula is C15H17ClN2. The van der Waals surface area contributed by atoms with Crippen LogP contribution in [0.4, 0.5) is 0 Å². The van der Waals surface area contributed by atoms with Gasteiger partial charge in [-0.3, -0.25) is 0 Å². The second-order valence-electron chi connectivity index (χ2n) is 4.58. The Morgan fingerprint density at radius 3 is 2.44 bits per heavy atom. The van der Waals surface area contributed by atoms with Gasteiger partial charge < -0.3 is 0 Å². The lowest BCUT2D eigenvalue weighted by molar-refractivity contribution is 0.975. The first-order valence-electron chi connectivity index (χ1n) is 6.13. The fourth-order valence-corrected chi connectivity index (χ4v) is 2.25. The van der Waals surface area contributed by atoms with E-state index in [9.17, 15) is 0 Å². The summed E-state index contributed by atoms with van der Waals surface area (Å²) < 4.78 is 0. The minimum Gasteiger partial charge on any atom is -0.233 e. The Labute approximate surface area is 113 Å². The largest absolute Gasteiger partial charge is 0.233 e. The zero-order valence-corrected chi connectivity index (χ0v) is 12.0. The van der Waals surface area contributed by atoms with E-state index in [0.717, 1.165) is 29.1 Å². The van der Waals surface area contributed by atoms with Crippen LogP contribution in [-0.2, 0) is 6.42 Å². The lowest BCUT2D eigenvalue weighted by atomic mass is 10.0. The molecule has 0 aliphatic carbocycles. The van der Waals surface area contributed by atoms with Crippen molar-refractivity contribution >= 4 is 11.6 Å². The summed E-state index contributed by atoms with van der Waals surface area (Å²) in [5.41, 5.74) is 5.47. The van der Waals surface area contributed by atoms with Crippen LogP contribution >= 0.6 is 11.6 Å². The summed E-state index contributed by atoms with van der Waals surface area (Å²) >= 11 is 6.18. The van der Waals surface area contributed by atoms with Crippen molar-refractivity contribution in [1.29, 1.82) is 0 Å². The number of rotatable bonds is 2. The van der Waals surface area contributed by atoms with Gasteiger partial charge in [-0.15, -0.1) is 0 Å². The molecule has 0 amide bonds. The monoisotopic (exact) mass is 260 g/mol. The fraction of sp³-hybridized carbons (Fsp3) is 0.333. The molecular weight excluding hydrogens is 244 g/mol. The average molecular weight is 261 g/mol. The SMILES string of the molecule is CCc1nc(-c2ccc(C)cc2C)nc(Cl)c1C. The molecule has 2 aromatic rings. The predicted octanol–water partition coefficient (Wildman–Crippen LogP) is 4.28. The molecule has 0 N–H and O–H groups in total. The van der Waals surface area contributed by atoms with E-state index in [1.165, 1.54) is 11.1 Å². The van der Waals surface area contributed by atoms with Gasteiger partial charge in [-0.25, -0.2) is 9.97 Å². The molecule has 0 atom stereocenters. The van der Waals surface area contributed by atoms with Crippen LogP contribution in [0.25, 0.3) is 11.4 Å². The Balaban J connectivity index is 2.60. The first kappa shape index (κ1) is 13.0. The summed E-state index contributed by atoms with van der Waals surface area (Å²) in [4.78, 5) is 9.01. The Morgan fingerprint density at radius 2 is 1.83 bits per heavy atom. The number of nitrogens with zero attached hydrogens (tertiary/aromatic N) is 2. The highest BCUT2D eigenvalue weighted by Crippen LogP contribution is 2.25. The quantitative estimate of drug-likeness (QED) is 0.753. The van der Waals surface area contributed by atoms with E-state index < -0.39 is 0 Å². The Kier molecular flexibility index (Phi) is 3.67. The maximum absolute atomic E-state index is 6.18. The van der Waals surface area contributed by atoms with Crippen LogP contribution in [0.5, 0.6) is 0 Å². The molecule has 0 unspecified atom stereocenters. The summed E-state index contributed by atoms with van der Waals surface area (Å²) in [6.45, 7) is 8.20. The lowest BCUT2D eigenvalue weighted by Crippen LogP contribution is -2.00. The molecule has 1 aromatic carbocycles. The molecule has 0 aliphatic rings. The van der Waals surface area contributed by atoms with Crippen molar-refractivity contribution in [2.45, 2.75) is 34.1 Å². The highest BCUT2D eigenvalue weighted by molar-refractivity contribution is 6.30. The van der Waals surface area contributed by atoms with Gasteiger partial charge in [0.15, 0.2) is 5.82 Å². The molecule has 0 radical (unpaired) electrons. The predicted molar refractivity (Wildman–Crippen MR) is 76.1 cm³/mol. The zero-order valence-electron chi connectivity index (χ0n) is 11.2. The number of halogens is 1. The van der Waals surface area contributed by atoms with Crippen molar-refractivity contribution in [3.63, 3.8) is 0 Å². The number of hydrogen-bond acceptors (Lipinski definition) is 2. The molecule has 1 heterocycles. The molecule has 0 saturated heterocycles. The minimum absolute atomic E-state index is 0.553. The van der Waals surface area contributed by atoms with Crippen LogP contribution in [-0.4, -0.2) is 9.97 Å². The molecule has 3 heteroatoms. The third-order valence-corrected chi connectivity index (χ3v) is 3.51. The van der Waals surface area contributed by atoms with Gasteiger partial charge in [0.2, 0.25) is 0 Å². The van der Waals surface area contributed by atoms with Crippen molar-refractivity contribution in [2.24, 2.45) is 0 Å². The molecule has 0 fully saturated rings. The van der Waals surface area contributed by atoms with Crippen LogP contribution in [0.3, 0.4) is 0 Å². The van der Waals surface area contributed by atoms with Gasteiger partial charge in [0.1, 0.15) is 5.15 Å². The van der Waals surface area contributed by atoms with Crippen molar-refractivity contribution in [3.8, 4) is 11.4 Å². The molecule has 2 rings (SSSR count). The molecule has 1 aromatic heterocycles. The van der Waals surface area contributed by atoms with Gasteiger partial charge in [0.05, 0.1) is 0 Å².